The van der Waals surface area contributed by atoms with E-state index >= 15 is 0 Å². The predicted octanol–water partition coefficient (Wildman–Crippen LogP) is 4.51. The van der Waals surface area contributed by atoms with Gasteiger partial charge in [0.05, 0.1) is 12.8 Å². The van der Waals surface area contributed by atoms with Crippen LogP contribution in [0, 0.1) is 6.92 Å². The third-order valence-electron chi connectivity index (χ3n) is 6.26. The summed E-state index contributed by atoms with van der Waals surface area (Å²) in [6, 6.07) is 5.95. The Morgan fingerprint density at radius 1 is 1.19 bits per heavy atom. The molecule has 1 N–H and O–H groups in total. The van der Waals surface area contributed by atoms with E-state index in [-0.39, 0.29) is 30.9 Å². The Morgan fingerprint density at radius 3 is 2.52 bits per heavy atom. The fourth-order valence-electron chi connectivity index (χ4n) is 4.42. The Kier molecular flexibility index (Phi) is 6.11. The molecule has 9 heteroatoms. The number of alkyl halides is 2. The SMILES string of the molecule is COC(=O)N1CCC(c2cc(NC3CCC(F)(F)CC3)nc(-n3ccc(C)n3)c2)CC1. The molecule has 0 unspecified atom stereocenters. The molecule has 1 saturated heterocycles. The predicted molar refractivity (Wildman–Crippen MR) is 113 cm³/mol. The van der Waals surface area contributed by atoms with Gasteiger partial charge in [-0.2, -0.15) is 5.10 Å². The zero-order valence-electron chi connectivity index (χ0n) is 18.0. The van der Waals surface area contributed by atoms with Gasteiger partial charge in [-0.05, 0) is 62.3 Å². The average Bonchev–Trinajstić information content (AvgIpc) is 3.21. The van der Waals surface area contributed by atoms with Gasteiger partial charge in [0.1, 0.15) is 5.82 Å². The third-order valence-corrected chi connectivity index (χ3v) is 6.26. The molecular weight excluding hydrogens is 404 g/mol. The molecule has 0 radical (unpaired) electrons. The Hall–Kier alpha value is -2.71. The smallest absolute Gasteiger partial charge is 0.409 e. The van der Waals surface area contributed by atoms with E-state index in [1.807, 2.05) is 31.3 Å². The summed E-state index contributed by atoms with van der Waals surface area (Å²) in [6.45, 7) is 3.19. The molecule has 0 bridgehead atoms. The van der Waals surface area contributed by atoms with Gasteiger partial charge in [-0.1, -0.05) is 0 Å². The standard InChI is InChI=1S/C22H29F2N5O2/c1-15-5-12-29(27-15)20-14-17(16-6-10-28(11-7-16)21(30)31-2)13-19(26-20)25-18-3-8-22(23,24)9-4-18/h5,12-14,16,18H,3-4,6-11H2,1-2H3,(H,25,26). The fraction of sp³-hybridized carbons (Fsp3) is 0.591. The van der Waals surface area contributed by atoms with Crippen LogP contribution in [0.25, 0.3) is 5.82 Å². The van der Waals surface area contributed by atoms with E-state index in [1.165, 1.54) is 7.11 Å². The Bertz CT molecular complexity index is 914. The average molecular weight is 434 g/mol. The lowest BCUT2D eigenvalue weighted by atomic mass is 9.89. The zero-order chi connectivity index (χ0) is 22.0. The summed E-state index contributed by atoms with van der Waals surface area (Å²) in [5.74, 6) is -0.898. The highest BCUT2D eigenvalue weighted by Gasteiger charge is 2.35. The van der Waals surface area contributed by atoms with Crippen LogP contribution in [0.3, 0.4) is 0 Å². The Morgan fingerprint density at radius 2 is 1.90 bits per heavy atom. The van der Waals surface area contributed by atoms with Gasteiger partial charge >= 0.3 is 6.09 Å². The van der Waals surface area contributed by atoms with Crippen molar-refractivity contribution in [3.8, 4) is 5.82 Å². The van der Waals surface area contributed by atoms with E-state index in [4.69, 9.17) is 9.72 Å². The van der Waals surface area contributed by atoms with E-state index in [2.05, 4.69) is 10.4 Å². The summed E-state index contributed by atoms with van der Waals surface area (Å²) in [5, 5.41) is 7.86. The van der Waals surface area contributed by atoms with Crippen molar-refractivity contribution in [3.05, 3.63) is 35.7 Å². The van der Waals surface area contributed by atoms with Crippen LogP contribution >= 0.6 is 0 Å². The number of aromatic nitrogens is 3. The molecule has 2 aliphatic rings. The lowest BCUT2D eigenvalue weighted by Gasteiger charge is -2.32. The first-order valence-electron chi connectivity index (χ1n) is 10.8. The molecule has 7 nitrogen and oxygen atoms in total. The first-order chi connectivity index (χ1) is 14.8. The number of hydrogen-bond acceptors (Lipinski definition) is 5. The van der Waals surface area contributed by atoms with Crippen molar-refractivity contribution in [2.75, 3.05) is 25.5 Å². The molecule has 0 spiro atoms. The van der Waals surface area contributed by atoms with Gasteiger partial charge in [-0.3, -0.25) is 0 Å². The highest BCUT2D eigenvalue weighted by atomic mass is 19.3. The number of likely N-dealkylation sites (tertiary alicyclic amines) is 1. The molecule has 0 atom stereocenters. The number of halogens is 2. The lowest BCUT2D eigenvalue weighted by Crippen LogP contribution is -2.37. The summed E-state index contributed by atoms with van der Waals surface area (Å²) < 4.78 is 33.6. The van der Waals surface area contributed by atoms with Gasteiger partial charge in [-0.15, -0.1) is 0 Å². The molecule has 3 heterocycles. The number of pyridine rings is 1. The Labute approximate surface area is 180 Å². The second-order valence-corrected chi connectivity index (χ2v) is 8.55. The molecule has 1 saturated carbocycles. The van der Waals surface area contributed by atoms with E-state index < -0.39 is 5.92 Å². The Balaban J connectivity index is 1.55. The number of carbonyl (C=O) groups excluding carboxylic acids is 1. The second kappa shape index (κ2) is 8.80. The van der Waals surface area contributed by atoms with Crippen molar-refractivity contribution in [1.29, 1.82) is 0 Å². The first-order valence-corrected chi connectivity index (χ1v) is 10.8. The number of ether oxygens (including phenoxy) is 1. The number of methoxy groups -OCH3 is 1. The van der Waals surface area contributed by atoms with Crippen LogP contribution in [0.15, 0.2) is 24.4 Å². The molecule has 168 valence electrons. The minimum atomic E-state index is -2.56. The van der Waals surface area contributed by atoms with Crippen LogP contribution in [-0.2, 0) is 4.74 Å². The maximum absolute atomic E-state index is 13.5. The molecule has 1 amide bonds. The second-order valence-electron chi connectivity index (χ2n) is 8.55. The maximum atomic E-state index is 13.5. The van der Waals surface area contributed by atoms with Crippen molar-refractivity contribution in [3.63, 3.8) is 0 Å². The topological polar surface area (TPSA) is 72.3 Å². The number of rotatable bonds is 4. The normalized spacial score (nSPS) is 19.9. The summed E-state index contributed by atoms with van der Waals surface area (Å²) in [6.07, 6.45) is 3.88. The molecule has 1 aliphatic heterocycles. The molecule has 2 fully saturated rings. The van der Waals surface area contributed by atoms with Crippen LogP contribution in [-0.4, -0.2) is 57.9 Å². The number of carbonyl (C=O) groups is 1. The van der Waals surface area contributed by atoms with Crippen LogP contribution in [0.1, 0.15) is 55.7 Å². The summed E-state index contributed by atoms with van der Waals surface area (Å²) in [5.41, 5.74) is 2.01. The first kappa shape index (κ1) is 21.5. The van der Waals surface area contributed by atoms with Crippen molar-refractivity contribution in [2.45, 2.75) is 63.3 Å². The van der Waals surface area contributed by atoms with E-state index in [9.17, 15) is 13.6 Å². The van der Waals surface area contributed by atoms with Crippen molar-refractivity contribution in [1.82, 2.24) is 19.7 Å². The third kappa shape index (κ3) is 5.14. The molecule has 1 aliphatic carbocycles. The zero-order valence-corrected chi connectivity index (χ0v) is 18.0. The number of aryl methyl sites for hydroxylation is 1. The van der Waals surface area contributed by atoms with Gasteiger partial charge in [0.2, 0.25) is 5.92 Å². The van der Waals surface area contributed by atoms with Crippen molar-refractivity contribution in [2.24, 2.45) is 0 Å². The van der Waals surface area contributed by atoms with E-state index in [0.717, 1.165) is 24.1 Å². The summed E-state index contributed by atoms with van der Waals surface area (Å²) in [7, 11) is 1.40. The molecule has 31 heavy (non-hydrogen) atoms. The number of nitrogens with one attached hydrogen (secondary N) is 1. The van der Waals surface area contributed by atoms with Crippen LogP contribution < -0.4 is 5.32 Å². The van der Waals surface area contributed by atoms with E-state index in [0.29, 0.717) is 37.6 Å². The summed E-state index contributed by atoms with van der Waals surface area (Å²) >= 11 is 0. The number of piperidine rings is 1. The quantitative estimate of drug-likeness (QED) is 0.768. The van der Waals surface area contributed by atoms with Gasteiger partial charge in [0, 0.05) is 38.2 Å². The number of anilines is 1. The molecule has 2 aromatic rings. The minimum absolute atomic E-state index is 0.0178. The molecular formula is C22H29F2N5O2. The highest BCUT2D eigenvalue weighted by Crippen LogP contribution is 2.35. The molecule has 2 aromatic heterocycles. The van der Waals surface area contributed by atoms with Gasteiger partial charge in [0.25, 0.3) is 0 Å². The number of nitrogens with zero attached hydrogens (tertiary/aromatic N) is 4. The van der Waals surface area contributed by atoms with Crippen molar-refractivity contribution < 1.29 is 18.3 Å². The number of amides is 1. The van der Waals surface area contributed by atoms with Gasteiger partial charge in [-0.25, -0.2) is 23.2 Å². The molecule has 0 aromatic carbocycles. The van der Waals surface area contributed by atoms with Crippen molar-refractivity contribution >= 4 is 11.9 Å². The van der Waals surface area contributed by atoms with Gasteiger partial charge in [0.15, 0.2) is 5.82 Å². The fourth-order valence-corrected chi connectivity index (χ4v) is 4.42. The highest BCUT2D eigenvalue weighted by molar-refractivity contribution is 5.67. The van der Waals surface area contributed by atoms with Crippen LogP contribution in [0.2, 0.25) is 0 Å². The monoisotopic (exact) mass is 433 g/mol. The van der Waals surface area contributed by atoms with E-state index in [1.54, 1.807) is 9.58 Å². The maximum Gasteiger partial charge on any atom is 0.409 e. The van der Waals surface area contributed by atoms with Gasteiger partial charge < -0.3 is 15.0 Å². The lowest BCUT2D eigenvalue weighted by molar-refractivity contribution is -0.0361. The largest absolute Gasteiger partial charge is 0.453 e. The molecule has 4 rings (SSSR count). The summed E-state index contributed by atoms with van der Waals surface area (Å²) in [4.78, 5) is 18.2. The number of hydrogen-bond donors (Lipinski definition) is 1. The minimum Gasteiger partial charge on any atom is -0.453 e. The van der Waals surface area contributed by atoms with Crippen LogP contribution in [0.5, 0.6) is 0 Å². The van der Waals surface area contributed by atoms with Crippen LogP contribution in [0.4, 0.5) is 19.4 Å².